The molecule has 18 heavy (non-hydrogen) atoms. The molecule has 98 valence electrons. The second kappa shape index (κ2) is 5.42. The van der Waals surface area contributed by atoms with Crippen LogP contribution in [0.4, 0.5) is 5.69 Å². The largest absolute Gasteiger partial charge is 0.339 e. The fourth-order valence-electron chi connectivity index (χ4n) is 2.98. The highest BCUT2D eigenvalue weighted by molar-refractivity contribution is 5.93. The number of nitrogens with one attached hydrogen (secondary N) is 1. The molecular formula is C15H22N2O. The fraction of sp³-hybridized carbons (Fsp3) is 0.533. The Hall–Kier alpha value is -1.51. The van der Waals surface area contributed by atoms with E-state index in [-0.39, 0.29) is 11.4 Å². The molecule has 1 amide bonds. The van der Waals surface area contributed by atoms with Gasteiger partial charge >= 0.3 is 0 Å². The third-order valence-corrected chi connectivity index (χ3v) is 3.73. The number of anilines is 1. The fourth-order valence-corrected chi connectivity index (χ4v) is 2.98. The van der Waals surface area contributed by atoms with Gasteiger partial charge in [-0.3, -0.25) is 4.79 Å². The minimum absolute atomic E-state index is 0.190. The summed E-state index contributed by atoms with van der Waals surface area (Å²) in [4.78, 5) is 14.5. The lowest BCUT2D eigenvalue weighted by Gasteiger charge is -2.37. The topological polar surface area (TPSA) is 32.3 Å². The van der Waals surface area contributed by atoms with Gasteiger partial charge in [-0.2, -0.15) is 0 Å². The molecule has 0 spiro atoms. The van der Waals surface area contributed by atoms with Crippen molar-refractivity contribution in [2.75, 3.05) is 11.6 Å². The van der Waals surface area contributed by atoms with Gasteiger partial charge in [0, 0.05) is 5.69 Å². The lowest BCUT2D eigenvalue weighted by molar-refractivity contribution is -0.124. The Morgan fingerprint density at radius 3 is 2.33 bits per heavy atom. The van der Waals surface area contributed by atoms with Crippen LogP contribution in [0.15, 0.2) is 30.3 Å². The Kier molecular flexibility index (Phi) is 3.90. The van der Waals surface area contributed by atoms with Crippen molar-refractivity contribution in [1.29, 1.82) is 0 Å². The van der Waals surface area contributed by atoms with Gasteiger partial charge in [0.2, 0.25) is 5.91 Å². The molecule has 1 fully saturated rings. The number of rotatable bonds is 5. The third kappa shape index (κ3) is 2.09. The van der Waals surface area contributed by atoms with Gasteiger partial charge in [-0.1, -0.05) is 44.9 Å². The summed E-state index contributed by atoms with van der Waals surface area (Å²) in [6, 6.07) is 10.2. The predicted molar refractivity (Wildman–Crippen MR) is 74.5 cm³/mol. The highest BCUT2D eigenvalue weighted by Gasteiger charge is 2.46. The highest BCUT2D eigenvalue weighted by atomic mass is 16.2. The molecule has 0 bridgehead atoms. The van der Waals surface area contributed by atoms with Crippen molar-refractivity contribution < 1.29 is 4.79 Å². The number of hydrogen-bond donors (Lipinski definition) is 1. The molecular weight excluding hydrogens is 224 g/mol. The first-order chi connectivity index (χ1) is 8.74. The first-order valence-corrected chi connectivity index (χ1v) is 6.85. The maximum Gasteiger partial charge on any atom is 0.247 e. The summed E-state index contributed by atoms with van der Waals surface area (Å²) in [6.07, 6.45) is 3.89. The molecule has 1 aromatic carbocycles. The molecule has 2 rings (SSSR count). The lowest BCUT2D eigenvalue weighted by atomic mass is 9.87. The average Bonchev–Trinajstić information content (AvgIpc) is 2.69. The maximum absolute atomic E-state index is 12.3. The Morgan fingerprint density at radius 1 is 1.17 bits per heavy atom. The van der Waals surface area contributed by atoms with Gasteiger partial charge in [0.25, 0.3) is 0 Å². The van der Waals surface area contributed by atoms with Gasteiger partial charge in [-0.15, -0.1) is 0 Å². The standard InChI is InChI=1S/C15H22N2O/c1-3-10-15(11-4-2)14(18)16-12-17(15)13-8-6-5-7-9-13/h5-9H,3-4,10-12H2,1-2H3,(H,16,18). The van der Waals surface area contributed by atoms with E-state index in [2.05, 4.69) is 36.2 Å². The summed E-state index contributed by atoms with van der Waals surface area (Å²) in [6.45, 7) is 4.92. The molecule has 3 heteroatoms. The molecule has 1 aliphatic rings. The van der Waals surface area contributed by atoms with E-state index in [0.29, 0.717) is 6.67 Å². The van der Waals surface area contributed by atoms with Crippen LogP contribution in [0.3, 0.4) is 0 Å². The average molecular weight is 246 g/mol. The van der Waals surface area contributed by atoms with E-state index in [4.69, 9.17) is 0 Å². The van der Waals surface area contributed by atoms with Crippen LogP contribution in [-0.4, -0.2) is 18.1 Å². The molecule has 1 aliphatic heterocycles. The van der Waals surface area contributed by atoms with Crippen molar-refractivity contribution in [3.8, 4) is 0 Å². The van der Waals surface area contributed by atoms with E-state index in [1.54, 1.807) is 0 Å². The molecule has 0 radical (unpaired) electrons. The van der Waals surface area contributed by atoms with E-state index in [9.17, 15) is 4.79 Å². The van der Waals surface area contributed by atoms with Crippen LogP contribution in [0.1, 0.15) is 39.5 Å². The second-order valence-corrected chi connectivity index (χ2v) is 4.96. The Balaban J connectivity index is 2.36. The normalized spacial score (nSPS) is 17.9. The lowest BCUT2D eigenvalue weighted by Crippen LogP contribution is -2.49. The van der Waals surface area contributed by atoms with Crippen molar-refractivity contribution >= 4 is 11.6 Å². The van der Waals surface area contributed by atoms with Gasteiger partial charge in [-0.25, -0.2) is 0 Å². The molecule has 1 aromatic rings. The van der Waals surface area contributed by atoms with Crippen LogP contribution in [-0.2, 0) is 4.79 Å². The smallest absolute Gasteiger partial charge is 0.247 e. The predicted octanol–water partition coefficient (Wildman–Crippen LogP) is 2.92. The minimum Gasteiger partial charge on any atom is -0.339 e. The van der Waals surface area contributed by atoms with Gasteiger partial charge in [0.15, 0.2) is 0 Å². The first kappa shape index (κ1) is 12.9. The van der Waals surface area contributed by atoms with Gasteiger partial charge in [-0.05, 0) is 25.0 Å². The Bertz CT molecular complexity index is 396. The summed E-state index contributed by atoms with van der Waals surface area (Å²) in [7, 11) is 0. The highest BCUT2D eigenvalue weighted by Crippen LogP contribution is 2.35. The van der Waals surface area contributed by atoms with Crippen LogP contribution < -0.4 is 10.2 Å². The number of amides is 1. The van der Waals surface area contributed by atoms with Gasteiger partial charge < -0.3 is 10.2 Å². The Labute approximate surface area is 109 Å². The van der Waals surface area contributed by atoms with E-state index in [1.165, 1.54) is 0 Å². The summed E-state index contributed by atoms with van der Waals surface area (Å²) in [5.41, 5.74) is 0.794. The summed E-state index contributed by atoms with van der Waals surface area (Å²) >= 11 is 0. The number of carbonyl (C=O) groups excluding carboxylic acids is 1. The van der Waals surface area contributed by atoms with Crippen LogP contribution in [0.5, 0.6) is 0 Å². The van der Waals surface area contributed by atoms with Crippen LogP contribution in [0, 0.1) is 0 Å². The molecule has 1 N–H and O–H groups in total. The van der Waals surface area contributed by atoms with E-state index < -0.39 is 0 Å². The molecule has 3 nitrogen and oxygen atoms in total. The van der Waals surface area contributed by atoms with Crippen molar-refractivity contribution in [3.63, 3.8) is 0 Å². The summed E-state index contributed by atoms with van der Waals surface area (Å²) < 4.78 is 0. The number of hydrogen-bond acceptors (Lipinski definition) is 2. The zero-order chi connectivity index (χ0) is 13.0. The van der Waals surface area contributed by atoms with Crippen molar-refractivity contribution in [3.05, 3.63) is 30.3 Å². The first-order valence-electron chi connectivity index (χ1n) is 6.85. The number of para-hydroxylation sites is 1. The third-order valence-electron chi connectivity index (χ3n) is 3.73. The molecule has 0 aromatic heterocycles. The van der Waals surface area contributed by atoms with Crippen molar-refractivity contribution in [2.45, 2.75) is 45.1 Å². The molecule has 1 heterocycles. The zero-order valence-corrected chi connectivity index (χ0v) is 11.3. The second-order valence-electron chi connectivity index (χ2n) is 4.96. The van der Waals surface area contributed by atoms with Crippen molar-refractivity contribution in [2.24, 2.45) is 0 Å². The zero-order valence-electron chi connectivity index (χ0n) is 11.3. The quantitative estimate of drug-likeness (QED) is 0.866. The number of nitrogens with zero attached hydrogens (tertiary/aromatic N) is 1. The Morgan fingerprint density at radius 2 is 1.78 bits per heavy atom. The van der Waals surface area contributed by atoms with E-state index >= 15 is 0 Å². The van der Waals surface area contributed by atoms with E-state index in [0.717, 1.165) is 31.4 Å². The van der Waals surface area contributed by atoms with Crippen molar-refractivity contribution in [1.82, 2.24) is 5.32 Å². The molecule has 0 aliphatic carbocycles. The van der Waals surface area contributed by atoms with E-state index in [1.807, 2.05) is 18.2 Å². The summed E-state index contributed by atoms with van der Waals surface area (Å²) in [5.74, 6) is 0.190. The van der Waals surface area contributed by atoms with Gasteiger partial charge in [0.05, 0.1) is 6.67 Å². The molecule has 1 saturated heterocycles. The van der Waals surface area contributed by atoms with Crippen LogP contribution in [0.2, 0.25) is 0 Å². The number of carbonyl (C=O) groups is 1. The number of benzene rings is 1. The monoisotopic (exact) mass is 246 g/mol. The SMILES string of the molecule is CCCC1(CCC)C(=O)NCN1c1ccccc1. The summed E-state index contributed by atoms with van der Waals surface area (Å²) in [5, 5.41) is 3.02. The minimum atomic E-state index is -0.342. The molecule has 0 unspecified atom stereocenters. The molecule has 0 saturated carbocycles. The van der Waals surface area contributed by atoms with Crippen LogP contribution in [0.25, 0.3) is 0 Å². The van der Waals surface area contributed by atoms with Crippen LogP contribution >= 0.6 is 0 Å². The molecule has 0 atom stereocenters. The maximum atomic E-state index is 12.3. The van der Waals surface area contributed by atoms with Gasteiger partial charge in [0.1, 0.15) is 5.54 Å².